The Labute approximate surface area is 162 Å². The standard InChI is InChI=1S/C19H19N3O5S/c1-13-10-14(17-4-2-3-5-18(17)21-13)12-27-15-6-8-16(9-7-15)28(25,26)20-11-19(23)22-24/h2-10,20,24H,11-12H2,1H3,(H,22,23). The van der Waals surface area contributed by atoms with E-state index in [1.807, 2.05) is 37.3 Å². The molecule has 1 heterocycles. The zero-order valence-corrected chi connectivity index (χ0v) is 15.9. The van der Waals surface area contributed by atoms with Gasteiger partial charge in [0.05, 0.1) is 17.0 Å². The summed E-state index contributed by atoms with van der Waals surface area (Å²) in [4.78, 5) is 15.4. The Kier molecular flexibility index (Phi) is 5.88. The van der Waals surface area contributed by atoms with E-state index in [0.717, 1.165) is 22.2 Å². The number of aryl methyl sites for hydroxylation is 1. The van der Waals surface area contributed by atoms with E-state index in [1.54, 1.807) is 0 Å². The molecule has 3 aromatic rings. The molecule has 0 aliphatic carbocycles. The van der Waals surface area contributed by atoms with Crippen LogP contribution in [0.3, 0.4) is 0 Å². The van der Waals surface area contributed by atoms with Crippen LogP contribution in [0.4, 0.5) is 0 Å². The molecule has 3 N–H and O–H groups in total. The number of hydroxylamine groups is 1. The van der Waals surface area contributed by atoms with E-state index in [1.165, 1.54) is 29.7 Å². The van der Waals surface area contributed by atoms with E-state index >= 15 is 0 Å². The zero-order valence-electron chi connectivity index (χ0n) is 15.0. The number of hydrogen-bond donors (Lipinski definition) is 3. The van der Waals surface area contributed by atoms with Gasteiger partial charge in [0.1, 0.15) is 12.4 Å². The number of nitrogens with one attached hydrogen (secondary N) is 2. The summed E-state index contributed by atoms with van der Waals surface area (Å²) in [6.07, 6.45) is 0. The summed E-state index contributed by atoms with van der Waals surface area (Å²) in [7, 11) is -3.87. The van der Waals surface area contributed by atoms with Gasteiger partial charge in [0, 0.05) is 16.6 Å². The van der Waals surface area contributed by atoms with Crippen molar-refractivity contribution in [3.63, 3.8) is 0 Å². The quantitative estimate of drug-likeness (QED) is 0.411. The highest BCUT2D eigenvalue weighted by Crippen LogP contribution is 2.21. The molecule has 0 saturated carbocycles. The largest absolute Gasteiger partial charge is 0.489 e. The van der Waals surface area contributed by atoms with Crippen molar-refractivity contribution in [1.29, 1.82) is 0 Å². The number of rotatable bonds is 7. The molecule has 0 bridgehead atoms. The Morgan fingerprint density at radius 1 is 1.14 bits per heavy atom. The second-order valence-electron chi connectivity index (χ2n) is 6.06. The van der Waals surface area contributed by atoms with Crippen molar-refractivity contribution in [3.05, 3.63) is 65.9 Å². The van der Waals surface area contributed by atoms with Gasteiger partial charge in [0.25, 0.3) is 5.91 Å². The highest BCUT2D eigenvalue weighted by Gasteiger charge is 2.15. The van der Waals surface area contributed by atoms with Crippen LogP contribution in [0.5, 0.6) is 5.75 Å². The molecule has 0 aliphatic heterocycles. The average molecular weight is 401 g/mol. The number of pyridine rings is 1. The van der Waals surface area contributed by atoms with Crippen LogP contribution in [0, 0.1) is 6.92 Å². The van der Waals surface area contributed by atoms with E-state index in [2.05, 4.69) is 9.71 Å². The molecule has 0 unspecified atom stereocenters. The lowest BCUT2D eigenvalue weighted by Crippen LogP contribution is -2.35. The summed E-state index contributed by atoms with van der Waals surface area (Å²) in [6.45, 7) is 1.66. The van der Waals surface area contributed by atoms with Crippen molar-refractivity contribution in [2.75, 3.05) is 6.54 Å². The summed E-state index contributed by atoms with van der Waals surface area (Å²) < 4.78 is 32.1. The number of carbonyl (C=O) groups is 1. The van der Waals surface area contributed by atoms with Crippen molar-refractivity contribution < 1.29 is 23.2 Å². The van der Waals surface area contributed by atoms with Gasteiger partial charge in [-0.25, -0.2) is 18.6 Å². The molecule has 0 radical (unpaired) electrons. The lowest BCUT2D eigenvalue weighted by Gasteiger charge is -2.11. The maximum atomic E-state index is 12.1. The zero-order chi connectivity index (χ0) is 20.1. The minimum atomic E-state index is -3.87. The van der Waals surface area contributed by atoms with Gasteiger partial charge < -0.3 is 4.74 Å². The third-order valence-corrected chi connectivity index (χ3v) is 5.42. The molecule has 1 aromatic heterocycles. The van der Waals surface area contributed by atoms with Gasteiger partial charge in [-0.15, -0.1) is 0 Å². The number of amides is 1. The number of benzene rings is 2. The first-order chi connectivity index (χ1) is 13.4. The Bertz CT molecular complexity index is 1100. The van der Waals surface area contributed by atoms with Gasteiger partial charge in [0.15, 0.2) is 0 Å². The molecule has 8 nitrogen and oxygen atoms in total. The Balaban J connectivity index is 1.71. The van der Waals surface area contributed by atoms with Crippen LogP contribution < -0.4 is 14.9 Å². The molecule has 146 valence electrons. The van der Waals surface area contributed by atoms with Crippen molar-refractivity contribution in [1.82, 2.24) is 15.2 Å². The molecule has 28 heavy (non-hydrogen) atoms. The van der Waals surface area contributed by atoms with Gasteiger partial charge in [0.2, 0.25) is 10.0 Å². The number of fused-ring (bicyclic) bond motifs is 1. The Morgan fingerprint density at radius 2 is 1.86 bits per heavy atom. The number of ether oxygens (including phenoxy) is 1. The molecule has 0 spiro atoms. The number of sulfonamides is 1. The third kappa shape index (κ3) is 4.63. The summed E-state index contributed by atoms with van der Waals surface area (Å²) >= 11 is 0. The summed E-state index contributed by atoms with van der Waals surface area (Å²) in [5.74, 6) is -0.353. The van der Waals surface area contributed by atoms with E-state index in [4.69, 9.17) is 9.94 Å². The first kappa shape index (κ1) is 19.7. The van der Waals surface area contributed by atoms with Crippen LogP contribution >= 0.6 is 0 Å². The van der Waals surface area contributed by atoms with Crippen LogP contribution in [0.1, 0.15) is 11.3 Å². The molecule has 0 aliphatic rings. The van der Waals surface area contributed by atoms with Crippen molar-refractivity contribution >= 4 is 26.8 Å². The minimum Gasteiger partial charge on any atom is -0.489 e. The van der Waals surface area contributed by atoms with E-state index in [0.29, 0.717) is 12.4 Å². The molecule has 3 rings (SSSR count). The number of nitrogens with zero attached hydrogens (tertiary/aromatic N) is 1. The average Bonchev–Trinajstić information content (AvgIpc) is 2.70. The van der Waals surface area contributed by atoms with Crippen molar-refractivity contribution in [2.45, 2.75) is 18.4 Å². The molecule has 0 fully saturated rings. The normalized spacial score (nSPS) is 11.4. The lowest BCUT2D eigenvalue weighted by molar-refractivity contribution is -0.127. The van der Waals surface area contributed by atoms with E-state index in [9.17, 15) is 13.2 Å². The Hall–Kier alpha value is -3.01. The maximum Gasteiger partial charge on any atom is 0.258 e. The number of aromatic nitrogens is 1. The van der Waals surface area contributed by atoms with E-state index < -0.39 is 22.5 Å². The molecule has 0 saturated heterocycles. The second-order valence-corrected chi connectivity index (χ2v) is 7.83. The first-order valence-corrected chi connectivity index (χ1v) is 9.88. The van der Waals surface area contributed by atoms with Crippen LogP contribution in [-0.4, -0.2) is 31.1 Å². The van der Waals surface area contributed by atoms with Gasteiger partial charge >= 0.3 is 0 Å². The van der Waals surface area contributed by atoms with Crippen molar-refractivity contribution in [3.8, 4) is 5.75 Å². The van der Waals surface area contributed by atoms with Crippen LogP contribution in [-0.2, 0) is 21.4 Å². The highest BCUT2D eigenvalue weighted by molar-refractivity contribution is 7.89. The van der Waals surface area contributed by atoms with Crippen LogP contribution in [0.2, 0.25) is 0 Å². The minimum absolute atomic E-state index is 0.0178. The maximum absolute atomic E-state index is 12.1. The molecule has 0 atom stereocenters. The summed E-state index contributed by atoms with van der Waals surface area (Å²) in [5, 5.41) is 9.42. The van der Waals surface area contributed by atoms with Crippen LogP contribution in [0.15, 0.2) is 59.5 Å². The molecular formula is C19H19N3O5S. The topological polar surface area (TPSA) is 118 Å². The van der Waals surface area contributed by atoms with Gasteiger partial charge in [-0.3, -0.25) is 15.0 Å². The van der Waals surface area contributed by atoms with E-state index in [-0.39, 0.29) is 4.90 Å². The fourth-order valence-corrected chi connectivity index (χ4v) is 3.66. The van der Waals surface area contributed by atoms with Gasteiger partial charge in [-0.2, -0.15) is 0 Å². The fourth-order valence-electron chi connectivity index (χ4n) is 2.67. The SMILES string of the molecule is Cc1cc(COc2ccc(S(=O)(=O)NCC(=O)NO)cc2)c2ccccc2n1. The summed E-state index contributed by atoms with van der Waals surface area (Å²) in [5.41, 5.74) is 4.11. The first-order valence-electron chi connectivity index (χ1n) is 8.40. The predicted octanol–water partition coefficient (Wildman–Crippen LogP) is 1.91. The molecule has 1 amide bonds. The highest BCUT2D eigenvalue weighted by atomic mass is 32.2. The lowest BCUT2D eigenvalue weighted by atomic mass is 10.1. The molecular weight excluding hydrogens is 382 g/mol. The monoisotopic (exact) mass is 401 g/mol. The predicted molar refractivity (Wildman–Crippen MR) is 102 cm³/mol. The molecule has 9 heteroatoms. The Morgan fingerprint density at radius 3 is 2.57 bits per heavy atom. The number of hydrogen-bond acceptors (Lipinski definition) is 6. The van der Waals surface area contributed by atoms with Gasteiger partial charge in [-0.05, 0) is 43.3 Å². The third-order valence-electron chi connectivity index (χ3n) is 4.01. The second kappa shape index (κ2) is 8.34. The summed E-state index contributed by atoms with van der Waals surface area (Å²) in [6, 6.07) is 15.6. The van der Waals surface area contributed by atoms with Crippen LogP contribution in [0.25, 0.3) is 10.9 Å². The number of carbonyl (C=O) groups excluding carboxylic acids is 1. The van der Waals surface area contributed by atoms with Gasteiger partial charge in [-0.1, -0.05) is 18.2 Å². The molecule has 2 aromatic carbocycles. The van der Waals surface area contributed by atoms with Crippen molar-refractivity contribution in [2.24, 2.45) is 0 Å². The number of para-hydroxylation sites is 1. The smallest absolute Gasteiger partial charge is 0.258 e. The fraction of sp³-hybridized carbons (Fsp3) is 0.158.